The molecule has 0 aromatic heterocycles. The van der Waals surface area contributed by atoms with Gasteiger partial charge in [0.1, 0.15) is 24.1 Å². The number of nitrogens with one attached hydrogen (secondary N) is 1. The summed E-state index contributed by atoms with van der Waals surface area (Å²) in [6.07, 6.45) is 1.45. The predicted molar refractivity (Wildman–Crippen MR) is 117 cm³/mol. The average molecular weight is 416 g/mol. The minimum atomic E-state index is -0.590. The van der Waals surface area contributed by atoms with Crippen LogP contribution in [-0.4, -0.2) is 13.0 Å². The van der Waals surface area contributed by atoms with Crippen molar-refractivity contribution in [3.05, 3.63) is 94.8 Å². The van der Waals surface area contributed by atoms with Gasteiger partial charge in [0, 0.05) is 5.69 Å². The highest BCUT2D eigenvalue weighted by atomic mass is 19.1. The van der Waals surface area contributed by atoms with Gasteiger partial charge >= 0.3 is 0 Å². The Morgan fingerprint density at radius 3 is 2.42 bits per heavy atom. The third-order valence-corrected chi connectivity index (χ3v) is 4.48. The molecule has 0 saturated heterocycles. The Morgan fingerprint density at radius 2 is 1.77 bits per heavy atom. The molecule has 6 heteroatoms. The van der Waals surface area contributed by atoms with Gasteiger partial charge in [-0.3, -0.25) is 4.79 Å². The molecule has 3 rings (SSSR count). The summed E-state index contributed by atoms with van der Waals surface area (Å²) >= 11 is 0. The molecule has 0 aliphatic heterocycles. The maximum atomic E-state index is 13.0. The molecule has 31 heavy (non-hydrogen) atoms. The molecule has 3 aromatic carbocycles. The number of halogens is 1. The molecule has 0 radical (unpaired) electrons. The van der Waals surface area contributed by atoms with Crippen LogP contribution in [-0.2, 0) is 11.4 Å². The fraction of sp³-hybridized carbons (Fsp3) is 0.120. The van der Waals surface area contributed by atoms with Crippen molar-refractivity contribution in [3.8, 4) is 17.6 Å². The summed E-state index contributed by atoms with van der Waals surface area (Å²) in [5, 5.41) is 12.0. The zero-order chi connectivity index (χ0) is 22.2. The van der Waals surface area contributed by atoms with Crippen LogP contribution < -0.4 is 14.8 Å². The standard InChI is InChI=1S/C25H21FN2O3/c1-17-3-5-18(6-4-17)16-31-23-12-7-19(14-24(23)30-2)13-20(15-27)25(29)28-22-10-8-21(26)9-11-22/h3-14H,16H2,1-2H3,(H,28,29)/b20-13-. The highest BCUT2D eigenvalue weighted by Crippen LogP contribution is 2.30. The van der Waals surface area contributed by atoms with Gasteiger partial charge < -0.3 is 14.8 Å². The Bertz CT molecular complexity index is 1130. The SMILES string of the molecule is COc1cc(/C=C(/C#N)C(=O)Nc2ccc(F)cc2)ccc1OCc1ccc(C)cc1. The van der Waals surface area contributed by atoms with E-state index in [1.165, 1.54) is 43.0 Å². The van der Waals surface area contributed by atoms with Gasteiger partial charge in [-0.25, -0.2) is 4.39 Å². The monoisotopic (exact) mass is 416 g/mol. The second-order valence-electron chi connectivity index (χ2n) is 6.82. The number of amides is 1. The van der Waals surface area contributed by atoms with Crippen LogP contribution in [0, 0.1) is 24.1 Å². The molecule has 0 saturated carbocycles. The van der Waals surface area contributed by atoms with Crippen LogP contribution in [0.5, 0.6) is 11.5 Å². The summed E-state index contributed by atoms with van der Waals surface area (Å²) in [6.45, 7) is 2.41. The third kappa shape index (κ3) is 5.94. The molecule has 0 atom stereocenters. The Kier molecular flexibility index (Phi) is 7.02. The van der Waals surface area contributed by atoms with Crippen LogP contribution in [0.2, 0.25) is 0 Å². The molecular formula is C25H21FN2O3. The zero-order valence-electron chi connectivity index (χ0n) is 17.2. The first kappa shape index (κ1) is 21.6. The van der Waals surface area contributed by atoms with Crippen molar-refractivity contribution < 1.29 is 18.7 Å². The summed E-state index contributed by atoms with van der Waals surface area (Å²) in [5.74, 6) is 0.0326. The number of nitriles is 1. The van der Waals surface area contributed by atoms with Gasteiger partial charge in [0.15, 0.2) is 11.5 Å². The lowest BCUT2D eigenvalue weighted by atomic mass is 10.1. The van der Waals surface area contributed by atoms with Crippen molar-refractivity contribution in [2.24, 2.45) is 0 Å². The normalized spacial score (nSPS) is 10.8. The van der Waals surface area contributed by atoms with E-state index in [4.69, 9.17) is 9.47 Å². The summed E-state index contributed by atoms with van der Waals surface area (Å²) in [6, 6.07) is 20.4. The van der Waals surface area contributed by atoms with Gasteiger partial charge in [-0.05, 0) is 60.5 Å². The molecule has 0 spiro atoms. The number of benzene rings is 3. The first-order chi connectivity index (χ1) is 15.0. The lowest BCUT2D eigenvalue weighted by Gasteiger charge is -2.12. The van der Waals surface area contributed by atoms with Gasteiger partial charge in [-0.2, -0.15) is 5.26 Å². The Hall–Kier alpha value is -4.11. The van der Waals surface area contributed by atoms with Gasteiger partial charge in [-0.15, -0.1) is 0 Å². The molecule has 0 aliphatic rings. The first-order valence-electron chi connectivity index (χ1n) is 9.53. The lowest BCUT2D eigenvalue weighted by Crippen LogP contribution is -2.13. The van der Waals surface area contributed by atoms with E-state index < -0.39 is 11.7 Å². The molecule has 156 valence electrons. The largest absolute Gasteiger partial charge is 0.493 e. The zero-order valence-corrected chi connectivity index (χ0v) is 17.2. The number of anilines is 1. The number of hydrogen-bond acceptors (Lipinski definition) is 4. The predicted octanol–water partition coefficient (Wildman–Crippen LogP) is 5.27. The molecule has 0 fully saturated rings. The number of methoxy groups -OCH3 is 1. The second kappa shape index (κ2) is 10.1. The topological polar surface area (TPSA) is 71.3 Å². The van der Waals surface area contributed by atoms with Crippen molar-refractivity contribution in [1.29, 1.82) is 5.26 Å². The minimum Gasteiger partial charge on any atom is -0.493 e. The Labute approximate surface area is 180 Å². The van der Waals surface area contributed by atoms with E-state index >= 15 is 0 Å². The number of nitrogens with zero attached hydrogens (tertiary/aromatic N) is 1. The number of carbonyl (C=O) groups is 1. The smallest absolute Gasteiger partial charge is 0.266 e. The van der Waals surface area contributed by atoms with Crippen molar-refractivity contribution in [2.45, 2.75) is 13.5 Å². The summed E-state index contributed by atoms with van der Waals surface area (Å²) in [7, 11) is 1.52. The van der Waals surface area contributed by atoms with Gasteiger partial charge in [0.05, 0.1) is 7.11 Å². The number of carbonyl (C=O) groups excluding carboxylic acids is 1. The number of hydrogen-bond donors (Lipinski definition) is 1. The van der Waals surface area contributed by atoms with E-state index in [-0.39, 0.29) is 5.57 Å². The van der Waals surface area contributed by atoms with Crippen LogP contribution >= 0.6 is 0 Å². The Balaban J connectivity index is 1.74. The number of rotatable bonds is 7. The molecule has 0 unspecified atom stereocenters. The maximum Gasteiger partial charge on any atom is 0.266 e. The lowest BCUT2D eigenvalue weighted by molar-refractivity contribution is -0.112. The molecule has 1 amide bonds. The van der Waals surface area contributed by atoms with Crippen molar-refractivity contribution >= 4 is 17.7 Å². The molecular weight excluding hydrogens is 395 g/mol. The maximum absolute atomic E-state index is 13.0. The van der Waals surface area contributed by atoms with E-state index in [2.05, 4.69) is 5.32 Å². The molecule has 1 N–H and O–H groups in total. The van der Waals surface area contributed by atoms with Crippen molar-refractivity contribution in [1.82, 2.24) is 0 Å². The third-order valence-electron chi connectivity index (χ3n) is 4.48. The molecule has 0 bridgehead atoms. The fourth-order valence-electron chi connectivity index (χ4n) is 2.79. The molecule has 0 heterocycles. The van der Waals surface area contributed by atoms with Crippen molar-refractivity contribution in [3.63, 3.8) is 0 Å². The van der Waals surface area contributed by atoms with Crippen LogP contribution in [0.3, 0.4) is 0 Å². The minimum absolute atomic E-state index is 0.0975. The van der Waals surface area contributed by atoms with Gasteiger partial charge in [-0.1, -0.05) is 35.9 Å². The summed E-state index contributed by atoms with van der Waals surface area (Å²) < 4.78 is 24.3. The fourth-order valence-corrected chi connectivity index (χ4v) is 2.79. The van der Waals surface area contributed by atoms with Crippen LogP contribution in [0.1, 0.15) is 16.7 Å². The number of ether oxygens (including phenoxy) is 2. The molecule has 3 aromatic rings. The summed E-state index contributed by atoms with van der Waals surface area (Å²) in [5.41, 5.74) is 3.10. The van der Waals surface area contributed by atoms with E-state index in [1.54, 1.807) is 18.2 Å². The highest BCUT2D eigenvalue weighted by molar-refractivity contribution is 6.09. The average Bonchev–Trinajstić information content (AvgIpc) is 2.78. The van der Waals surface area contributed by atoms with Crippen LogP contribution in [0.25, 0.3) is 6.08 Å². The van der Waals surface area contributed by atoms with Crippen LogP contribution in [0.15, 0.2) is 72.3 Å². The molecule has 0 aliphatic carbocycles. The van der Waals surface area contributed by atoms with Crippen LogP contribution in [0.4, 0.5) is 10.1 Å². The van der Waals surface area contributed by atoms with E-state index in [0.717, 1.165) is 5.56 Å². The first-order valence-corrected chi connectivity index (χ1v) is 9.53. The van der Waals surface area contributed by atoms with Gasteiger partial charge in [0.25, 0.3) is 5.91 Å². The van der Waals surface area contributed by atoms with E-state index in [1.807, 2.05) is 37.3 Å². The van der Waals surface area contributed by atoms with E-state index in [9.17, 15) is 14.4 Å². The highest BCUT2D eigenvalue weighted by Gasteiger charge is 2.11. The second-order valence-corrected chi connectivity index (χ2v) is 6.82. The van der Waals surface area contributed by atoms with E-state index in [0.29, 0.717) is 29.4 Å². The van der Waals surface area contributed by atoms with Gasteiger partial charge in [0.2, 0.25) is 0 Å². The quantitative estimate of drug-likeness (QED) is 0.421. The summed E-state index contributed by atoms with van der Waals surface area (Å²) in [4.78, 5) is 12.4. The number of aryl methyl sites for hydroxylation is 1. The van der Waals surface area contributed by atoms with Crippen molar-refractivity contribution in [2.75, 3.05) is 12.4 Å². The molecule has 5 nitrogen and oxygen atoms in total. The Morgan fingerprint density at radius 1 is 1.06 bits per heavy atom.